The Kier molecular flexibility index (Phi) is 7.52. The predicted molar refractivity (Wildman–Crippen MR) is 94.0 cm³/mol. The van der Waals surface area contributed by atoms with Crippen molar-refractivity contribution in [3.63, 3.8) is 0 Å². The van der Waals surface area contributed by atoms with Gasteiger partial charge in [-0.05, 0) is 20.8 Å². The van der Waals surface area contributed by atoms with Gasteiger partial charge in [-0.2, -0.15) is 0 Å². The average Bonchev–Trinajstić information content (AvgIpc) is 2.94. The Morgan fingerprint density at radius 3 is 2.56 bits per heavy atom. The van der Waals surface area contributed by atoms with E-state index in [9.17, 15) is 24.2 Å². The summed E-state index contributed by atoms with van der Waals surface area (Å²) in [4.78, 5) is 35.3. The summed E-state index contributed by atoms with van der Waals surface area (Å²) in [5.74, 6) is 0. The van der Waals surface area contributed by atoms with Gasteiger partial charge in [-0.25, -0.2) is 4.79 Å². The molecule has 1 aliphatic rings. The molecule has 27 heavy (non-hydrogen) atoms. The highest BCUT2D eigenvalue weighted by Crippen LogP contribution is 2.37. The molecular weight excluding hydrogens is 383 g/mol. The van der Waals surface area contributed by atoms with E-state index in [4.69, 9.17) is 18.7 Å². The molecule has 0 aliphatic carbocycles. The molecule has 1 aromatic rings. The maximum atomic E-state index is 12.3. The molecule has 1 saturated heterocycles. The highest BCUT2D eigenvalue weighted by molar-refractivity contribution is 7.32. The number of rotatable bonds is 8. The monoisotopic (exact) mass is 408 g/mol. The van der Waals surface area contributed by atoms with Crippen LogP contribution in [0.2, 0.25) is 0 Å². The van der Waals surface area contributed by atoms with Crippen LogP contribution in [-0.2, 0) is 23.3 Å². The largest absolute Gasteiger partial charge is 0.394 e. The molecule has 0 aromatic carbocycles. The van der Waals surface area contributed by atoms with Gasteiger partial charge in [0.1, 0.15) is 18.3 Å². The first-order valence-electron chi connectivity index (χ1n) is 8.35. The van der Waals surface area contributed by atoms with Crippen molar-refractivity contribution in [3.8, 4) is 0 Å². The van der Waals surface area contributed by atoms with E-state index >= 15 is 0 Å². The summed E-state index contributed by atoms with van der Waals surface area (Å²) in [6.45, 7) is 4.47. The van der Waals surface area contributed by atoms with Gasteiger partial charge in [-0.1, -0.05) is 0 Å². The molecule has 0 radical (unpaired) electrons. The third-order valence-electron chi connectivity index (χ3n) is 4.53. The Bertz CT molecular complexity index is 779. The molecule has 2 heterocycles. The van der Waals surface area contributed by atoms with Gasteiger partial charge in [0.15, 0.2) is 6.23 Å². The Hall–Kier alpha value is -1.33. The van der Waals surface area contributed by atoms with Gasteiger partial charge in [0, 0.05) is 18.9 Å². The van der Waals surface area contributed by atoms with Crippen LogP contribution >= 0.6 is 8.25 Å². The Balaban J connectivity index is 2.46. The Morgan fingerprint density at radius 1 is 1.33 bits per heavy atom. The first-order valence-corrected chi connectivity index (χ1v) is 9.62. The minimum Gasteiger partial charge on any atom is -0.394 e. The van der Waals surface area contributed by atoms with E-state index < -0.39 is 56.8 Å². The third-order valence-corrected chi connectivity index (χ3v) is 5.00. The zero-order valence-electron chi connectivity index (χ0n) is 15.4. The molecule has 2 rings (SSSR count). The molecule has 11 nitrogen and oxygen atoms in total. The summed E-state index contributed by atoms with van der Waals surface area (Å²) in [6, 6.07) is 0. The van der Waals surface area contributed by atoms with Crippen molar-refractivity contribution in [1.82, 2.24) is 9.55 Å². The van der Waals surface area contributed by atoms with Crippen LogP contribution < -0.4 is 11.2 Å². The van der Waals surface area contributed by atoms with Crippen LogP contribution in [0.15, 0.2) is 15.8 Å². The fourth-order valence-electron chi connectivity index (χ4n) is 2.81. The number of nitrogens with one attached hydrogen (secondary N) is 1. The number of aromatic amines is 1. The van der Waals surface area contributed by atoms with E-state index in [0.29, 0.717) is 0 Å². The number of ether oxygens (including phenoxy) is 3. The fraction of sp³-hybridized carbons (Fsp3) is 0.733. The van der Waals surface area contributed by atoms with Crippen molar-refractivity contribution in [3.05, 3.63) is 32.6 Å². The number of aliphatic hydroxyl groups is 1. The first kappa shape index (κ1) is 22.0. The van der Waals surface area contributed by atoms with E-state index in [1.807, 2.05) is 0 Å². The average molecular weight is 408 g/mol. The SMILES string of the molecule is CO[C@@H](C)[C@H](C)OC1C(O[PH](=O)O)[C@@H](CO)O[C@H]1n1cc(C)c(=O)[nH]c1=O. The molecule has 7 atom stereocenters. The molecule has 3 unspecified atom stereocenters. The quantitative estimate of drug-likeness (QED) is 0.475. The lowest BCUT2D eigenvalue weighted by molar-refractivity contribution is -0.127. The normalized spacial score (nSPS) is 28.8. The molecule has 1 aliphatic heterocycles. The summed E-state index contributed by atoms with van der Waals surface area (Å²) in [5.41, 5.74) is -1.03. The summed E-state index contributed by atoms with van der Waals surface area (Å²) in [5, 5.41) is 9.59. The number of nitrogens with zero attached hydrogens (tertiary/aromatic N) is 1. The van der Waals surface area contributed by atoms with Gasteiger partial charge in [-0.3, -0.25) is 18.9 Å². The second-order valence-corrected chi connectivity index (χ2v) is 7.09. The van der Waals surface area contributed by atoms with E-state index in [0.717, 1.165) is 4.57 Å². The molecule has 154 valence electrons. The van der Waals surface area contributed by atoms with Gasteiger partial charge >= 0.3 is 13.9 Å². The van der Waals surface area contributed by atoms with Crippen LogP contribution in [0.25, 0.3) is 0 Å². The number of aromatic nitrogens is 2. The molecule has 1 fully saturated rings. The Morgan fingerprint density at radius 2 is 2.00 bits per heavy atom. The fourth-order valence-corrected chi connectivity index (χ4v) is 3.33. The van der Waals surface area contributed by atoms with Crippen LogP contribution in [0, 0.1) is 6.92 Å². The molecule has 1 aromatic heterocycles. The zero-order chi connectivity index (χ0) is 20.3. The lowest BCUT2D eigenvalue weighted by Gasteiger charge is -2.29. The molecule has 3 N–H and O–H groups in total. The van der Waals surface area contributed by atoms with Crippen molar-refractivity contribution in [2.75, 3.05) is 13.7 Å². The molecule has 0 saturated carbocycles. The Labute approximate surface area is 155 Å². The van der Waals surface area contributed by atoms with Crippen LogP contribution in [0.3, 0.4) is 0 Å². The number of hydrogen-bond acceptors (Lipinski definition) is 8. The molecule has 0 bridgehead atoms. The van der Waals surface area contributed by atoms with Crippen molar-refractivity contribution in [2.45, 2.75) is 57.5 Å². The van der Waals surface area contributed by atoms with Crippen LogP contribution in [0.4, 0.5) is 0 Å². The lowest BCUT2D eigenvalue weighted by Crippen LogP contribution is -2.43. The topological polar surface area (TPSA) is 149 Å². The van der Waals surface area contributed by atoms with Gasteiger partial charge in [-0.15, -0.1) is 0 Å². The summed E-state index contributed by atoms with van der Waals surface area (Å²) in [6.07, 6.45) is -3.75. The second-order valence-electron chi connectivity index (χ2n) is 6.32. The smallest absolute Gasteiger partial charge is 0.330 e. The van der Waals surface area contributed by atoms with Gasteiger partial charge in [0.05, 0.1) is 18.8 Å². The van der Waals surface area contributed by atoms with Gasteiger partial charge in [0.2, 0.25) is 0 Å². The van der Waals surface area contributed by atoms with Crippen LogP contribution in [0.5, 0.6) is 0 Å². The summed E-state index contributed by atoms with van der Waals surface area (Å²) < 4.78 is 34.3. The van der Waals surface area contributed by atoms with E-state index in [1.54, 1.807) is 13.8 Å². The van der Waals surface area contributed by atoms with Gasteiger partial charge < -0.3 is 28.7 Å². The first-order chi connectivity index (χ1) is 12.7. The number of aliphatic hydroxyl groups excluding tert-OH is 1. The summed E-state index contributed by atoms with van der Waals surface area (Å²) in [7, 11) is -1.88. The van der Waals surface area contributed by atoms with E-state index in [1.165, 1.54) is 20.2 Å². The van der Waals surface area contributed by atoms with E-state index in [-0.39, 0.29) is 11.7 Å². The predicted octanol–water partition coefficient (Wildman–Crippen LogP) is -0.689. The molecule has 12 heteroatoms. The minimum absolute atomic E-state index is 0.260. The molecular formula is C15H25N2O9P. The number of methoxy groups -OCH3 is 1. The standard InChI is InChI=1S/C15H25N2O9P/c1-7-5-17(15(20)16-13(7)19)14-12(24-9(3)8(2)23-4)11(26-27(21)22)10(6-18)25-14/h5,8-12,14,18,27H,6H2,1-4H3,(H,21,22)(H,16,19,20)/t8-,9-,10+,11?,12?,14+/m0/s1. The second kappa shape index (κ2) is 9.24. The highest BCUT2D eigenvalue weighted by atomic mass is 31.1. The van der Waals surface area contributed by atoms with Crippen LogP contribution in [0.1, 0.15) is 25.6 Å². The number of aryl methyl sites for hydroxylation is 1. The maximum Gasteiger partial charge on any atom is 0.330 e. The molecule has 0 spiro atoms. The lowest BCUT2D eigenvalue weighted by atomic mass is 10.1. The third kappa shape index (κ3) is 4.94. The number of hydrogen-bond donors (Lipinski definition) is 3. The summed E-state index contributed by atoms with van der Waals surface area (Å²) >= 11 is 0. The maximum absolute atomic E-state index is 12.3. The van der Waals surface area contributed by atoms with E-state index in [2.05, 4.69) is 4.98 Å². The van der Waals surface area contributed by atoms with Crippen LogP contribution in [-0.4, -0.2) is 63.8 Å². The van der Waals surface area contributed by atoms with Crippen molar-refractivity contribution >= 4 is 8.25 Å². The highest BCUT2D eigenvalue weighted by Gasteiger charge is 2.49. The van der Waals surface area contributed by atoms with Crippen molar-refractivity contribution in [2.24, 2.45) is 0 Å². The van der Waals surface area contributed by atoms with Gasteiger partial charge in [0.25, 0.3) is 5.56 Å². The molecule has 0 amide bonds. The zero-order valence-corrected chi connectivity index (χ0v) is 16.4. The van der Waals surface area contributed by atoms with Crippen molar-refractivity contribution in [1.29, 1.82) is 0 Å². The minimum atomic E-state index is -3.38. The van der Waals surface area contributed by atoms with Crippen molar-refractivity contribution < 1.29 is 33.3 Å². The number of H-pyrrole nitrogens is 1.